The van der Waals surface area contributed by atoms with E-state index in [-0.39, 0.29) is 17.4 Å². The van der Waals surface area contributed by atoms with Gasteiger partial charge in [0.2, 0.25) is 0 Å². The van der Waals surface area contributed by atoms with Gasteiger partial charge in [-0.2, -0.15) is 0 Å². The number of rotatable bonds is 3. The van der Waals surface area contributed by atoms with Crippen LogP contribution in [0.15, 0.2) is 22.7 Å². The van der Waals surface area contributed by atoms with Crippen molar-refractivity contribution < 1.29 is 9.53 Å². The number of fused-ring (bicyclic) bond motifs is 2. The van der Waals surface area contributed by atoms with Gasteiger partial charge in [0.05, 0.1) is 12.7 Å². The lowest BCUT2D eigenvalue weighted by molar-refractivity contribution is 0.0825. The van der Waals surface area contributed by atoms with Gasteiger partial charge in [-0.1, -0.05) is 20.8 Å². The maximum atomic E-state index is 12.7. The average Bonchev–Trinajstić information content (AvgIpc) is 2.81. The molecular formula is C18H24BrNO2. The van der Waals surface area contributed by atoms with E-state index in [2.05, 4.69) is 42.0 Å². The van der Waals surface area contributed by atoms with E-state index in [9.17, 15) is 4.79 Å². The second-order valence-corrected chi connectivity index (χ2v) is 8.34. The number of carbonyl (C=O) groups is 1. The summed E-state index contributed by atoms with van der Waals surface area (Å²) in [6.45, 7) is 7.06. The number of carbonyl (C=O) groups excluding carboxylic acids is 1. The van der Waals surface area contributed by atoms with Crippen LogP contribution in [-0.4, -0.2) is 19.1 Å². The van der Waals surface area contributed by atoms with Crippen molar-refractivity contribution in [2.75, 3.05) is 7.11 Å². The van der Waals surface area contributed by atoms with Gasteiger partial charge in [0.1, 0.15) is 5.75 Å². The number of halogens is 1. The van der Waals surface area contributed by atoms with E-state index in [4.69, 9.17) is 4.74 Å². The lowest BCUT2D eigenvalue weighted by Gasteiger charge is -2.39. The van der Waals surface area contributed by atoms with Gasteiger partial charge in [0, 0.05) is 10.5 Å². The number of benzene rings is 1. The van der Waals surface area contributed by atoms with Crippen LogP contribution in [-0.2, 0) is 0 Å². The van der Waals surface area contributed by atoms with E-state index >= 15 is 0 Å². The molecule has 1 amide bonds. The van der Waals surface area contributed by atoms with Crippen LogP contribution in [0, 0.1) is 16.7 Å². The molecule has 120 valence electrons. The molecule has 4 heteroatoms. The van der Waals surface area contributed by atoms with Crippen molar-refractivity contribution in [3.05, 3.63) is 28.2 Å². The summed E-state index contributed by atoms with van der Waals surface area (Å²) in [7, 11) is 1.62. The molecule has 3 unspecified atom stereocenters. The Hall–Kier alpha value is -1.03. The first-order valence-electron chi connectivity index (χ1n) is 7.94. The Bertz CT molecular complexity index is 613. The van der Waals surface area contributed by atoms with Crippen LogP contribution in [0.25, 0.3) is 0 Å². The summed E-state index contributed by atoms with van der Waals surface area (Å²) >= 11 is 3.47. The summed E-state index contributed by atoms with van der Waals surface area (Å²) in [6.07, 6.45) is 3.59. The van der Waals surface area contributed by atoms with E-state index in [1.165, 1.54) is 12.8 Å². The molecule has 2 aliphatic rings. The Labute approximate surface area is 140 Å². The molecule has 0 saturated heterocycles. The largest absolute Gasteiger partial charge is 0.497 e. The van der Waals surface area contributed by atoms with Gasteiger partial charge in [-0.3, -0.25) is 4.79 Å². The number of methoxy groups -OCH3 is 1. The van der Waals surface area contributed by atoms with Crippen LogP contribution in [0.2, 0.25) is 0 Å². The van der Waals surface area contributed by atoms with E-state index in [1.807, 2.05) is 12.1 Å². The molecule has 3 rings (SSSR count). The number of nitrogens with one attached hydrogen (secondary N) is 1. The summed E-state index contributed by atoms with van der Waals surface area (Å²) in [5.41, 5.74) is 1.14. The molecule has 2 bridgehead atoms. The summed E-state index contributed by atoms with van der Waals surface area (Å²) < 4.78 is 6.04. The molecule has 0 aromatic heterocycles. The Kier molecular flexibility index (Phi) is 3.79. The SMILES string of the molecule is COc1ccc(Br)c(C(=O)NC2CC3CCC2(C)C3(C)C)c1. The molecule has 2 saturated carbocycles. The zero-order valence-corrected chi connectivity index (χ0v) is 15.3. The molecule has 1 aromatic rings. The highest BCUT2D eigenvalue weighted by atomic mass is 79.9. The average molecular weight is 366 g/mol. The zero-order chi connectivity index (χ0) is 16.1. The number of hydrogen-bond donors (Lipinski definition) is 1. The third-order valence-corrected chi connectivity index (χ3v) is 7.21. The molecule has 2 fully saturated rings. The van der Waals surface area contributed by atoms with Gasteiger partial charge in [0.25, 0.3) is 5.91 Å². The summed E-state index contributed by atoms with van der Waals surface area (Å²) in [5, 5.41) is 3.29. The van der Waals surface area contributed by atoms with Crippen molar-refractivity contribution in [2.45, 2.75) is 46.1 Å². The van der Waals surface area contributed by atoms with Gasteiger partial charge in [0.15, 0.2) is 0 Å². The molecule has 3 atom stereocenters. The first kappa shape index (κ1) is 15.9. The maximum absolute atomic E-state index is 12.7. The highest BCUT2D eigenvalue weighted by molar-refractivity contribution is 9.10. The van der Waals surface area contributed by atoms with Crippen molar-refractivity contribution >= 4 is 21.8 Å². The first-order valence-corrected chi connectivity index (χ1v) is 8.73. The standard InChI is InChI=1S/C18H24BrNO2/c1-17(2)11-7-8-18(17,3)15(9-11)20-16(21)13-10-12(22-4)5-6-14(13)19/h5-6,10-11,15H,7-9H2,1-4H3,(H,20,21). The van der Waals surface area contributed by atoms with Gasteiger partial charge >= 0.3 is 0 Å². The Morgan fingerprint density at radius 1 is 1.36 bits per heavy atom. The van der Waals surface area contributed by atoms with Crippen LogP contribution in [0.1, 0.15) is 50.4 Å². The molecule has 2 aliphatic carbocycles. The Morgan fingerprint density at radius 2 is 2.09 bits per heavy atom. The van der Waals surface area contributed by atoms with Crippen molar-refractivity contribution in [3.8, 4) is 5.75 Å². The Morgan fingerprint density at radius 3 is 2.64 bits per heavy atom. The minimum absolute atomic E-state index is 0.0136. The molecule has 0 radical (unpaired) electrons. The fraction of sp³-hybridized carbons (Fsp3) is 0.611. The van der Waals surface area contributed by atoms with Crippen molar-refractivity contribution in [3.63, 3.8) is 0 Å². The molecule has 0 aliphatic heterocycles. The van der Waals surface area contributed by atoms with Crippen LogP contribution in [0.5, 0.6) is 5.75 Å². The normalized spacial score (nSPS) is 32.0. The van der Waals surface area contributed by atoms with Gasteiger partial charge < -0.3 is 10.1 Å². The van der Waals surface area contributed by atoms with Crippen molar-refractivity contribution in [2.24, 2.45) is 16.7 Å². The minimum atomic E-state index is -0.0136. The number of hydrogen-bond acceptors (Lipinski definition) is 2. The molecular weight excluding hydrogens is 342 g/mol. The third kappa shape index (κ3) is 2.18. The third-order valence-electron chi connectivity index (χ3n) is 6.52. The van der Waals surface area contributed by atoms with E-state index in [0.29, 0.717) is 16.7 Å². The number of amides is 1. The second kappa shape index (κ2) is 5.26. The Balaban J connectivity index is 1.82. The van der Waals surface area contributed by atoms with E-state index in [0.717, 1.165) is 16.8 Å². The lowest BCUT2D eigenvalue weighted by atomic mass is 9.69. The smallest absolute Gasteiger partial charge is 0.252 e. The van der Waals surface area contributed by atoms with Crippen LogP contribution in [0.3, 0.4) is 0 Å². The number of ether oxygens (including phenoxy) is 1. The minimum Gasteiger partial charge on any atom is -0.497 e. The summed E-state index contributed by atoms with van der Waals surface area (Å²) in [6, 6.07) is 5.76. The lowest BCUT2D eigenvalue weighted by Crippen LogP contribution is -2.46. The molecule has 1 aromatic carbocycles. The second-order valence-electron chi connectivity index (χ2n) is 7.48. The van der Waals surface area contributed by atoms with Crippen LogP contribution >= 0.6 is 15.9 Å². The summed E-state index contributed by atoms with van der Waals surface area (Å²) in [5.74, 6) is 1.41. The predicted molar refractivity (Wildman–Crippen MR) is 91.2 cm³/mol. The molecule has 0 spiro atoms. The monoisotopic (exact) mass is 365 g/mol. The maximum Gasteiger partial charge on any atom is 0.252 e. The zero-order valence-electron chi connectivity index (χ0n) is 13.7. The molecule has 3 nitrogen and oxygen atoms in total. The van der Waals surface area contributed by atoms with E-state index in [1.54, 1.807) is 13.2 Å². The molecule has 0 heterocycles. The fourth-order valence-corrected chi connectivity index (χ4v) is 4.89. The first-order chi connectivity index (χ1) is 10.3. The fourth-order valence-electron chi connectivity index (χ4n) is 4.46. The van der Waals surface area contributed by atoms with Crippen LogP contribution in [0.4, 0.5) is 0 Å². The van der Waals surface area contributed by atoms with Gasteiger partial charge in [-0.15, -0.1) is 0 Å². The van der Waals surface area contributed by atoms with Crippen LogP contribution < -0.4 is 10.1 Å². The highest BCUT2D eigenvalue weighted by Gasteiger charge is 2.61. The quantitative estimate of drug-likeness (QED) is 0.861. The van der Waals surface area contributed by atoms with Crippen molar-refractivity contribution in [1.82, 2.24) is 5.32 Å². The van der Waals surface area contributed by atoms with Crippen molar-refractivity contribution in [1.29, 1.82) is 0 Å². The molecule has 22 heavy (non-hydrogen) atoms. The topological polar surface area (TPSA) is 38.3 Å². The highest BCUT2D eigenvalue weighted by Crippen LogP contribution is 2.65. The van der Waals surface area contributed by atoms with Gasteiger partial charge in [-0.05, 0) is 70.1 Å². The van der Waals surface area contributed by atoms with Gasteiger partial charge in [-0.25, -0.2) is 0 Å². The molecule has 1 N–H and O–H groups in total. The predicted octanol–water partition coefficient (Wildman–Crippen LogP) is 4.40. The summed E-state index contributed by atoms with van der Waals surface area (Å²) in [4.78, 5) is 12.7. The van der Waals surface area contributed by atoms with E-state index < -0.39 is 0 Å².